The lowest BCUT2D eigenvalue weighted by Crippen LogP contribution is -2.66. The van der Waals surface area contributed by atoms with Crippen LogP contribution >= 0.6 is 15.9 Å². The Labute approximate surface area is 273 Å². The molecule has 3 aromatic carbocycles. The smallest absolute Gasteiger partial charge is 0.247 e. The van der Waals surface area contributed by atoms with Crippen molar-refractivity contribution in [1.82, 2.24) is 25.3 Å². The zero-order valence-corrected chi connectivity index (χ0v) is 28.1. The first-order valence-electron chi connectivity index (χ1n) is 15.5. The molecular weight excluding hydrogens is 634 g/mol. The first-order chi connectivity index (χ1) is 21.4. The second kappa shape index (κ2) is 13.3. The number of hydrogen-bond acceptors (Lipinski definition) is 5. The summed E-state index contributed by atoms with van der Waals surface area (Å²) >= 11 is 3.61. The normalized spacial score (nSPS) is 19.9. The molecule has 4 atom stereocenters. The molecule has 5 rings (SSSR count). The Balaban J connectivity index is 1.47. The average molecular weight is 677 g/mol. The van der Waals surface area contributed by atoms with Gasteiger partial charge in [-0.05, 0) is 53.8 Å². The van der Waals surface area contributed by atoms with E-state index in [0.29, 0.717) is 19.4 Å². The van der Waals surface area contributed by atoms with Gasteiger partial charge in [0.25, 0.3) is 0 Å². The van der Waals surface area contributed by atoms with Gasteiger partial charge in [-0.3, -0.25) is 19.2 Å². The van der Waals surface area contributed by atoms with Crippen molar-refractivity contribution in [3.05, 3.63) is 82.3 Å². The van der Waals surface area contributed by atoms with Gasteiger partial charge in [-0.1, -0.05) is 97.4 Å². The summed E-state index contributed by atoms with van der Waals surface area (Å²) in [5.41, 5.74) is 1.39. The lowest BCUT2D eigenvalue weighted by Gasteiger charge is -2.45. The molecule has 2 aliphatic heterocycles. The van der Waals surface area contributed by atoms with Crippen LogP contribution in [0.5, 0.6) is 0 Å². The highest BCUT2D eigenvalue weighted by Gasteiger charge is 2.53. The Hall–Kier alpha value is -3.76. The third kappa shape index (κ3) is 6.92. The van der Waals surface area contributed by atoms with E-state index in [4.69, 9.17) is 0 Å². The predicted octanol–water partition coefficient (Wildman–Crippen LogP) is 3.73. The molecule has 0 bridgehead atoms. The summed E-state index contributed by atoms with van der Waals surface area (Å²) in [6.07, 6.45) is 0.307. The Morgan fingerprint density at radius 1 is 1.00 bits per heavy atom. The van der Waals surface area contributed by atoms with Gasteiger partial charge in [-0.15, -0.1) is 0 Å². The second-order valence-electron chi connectivity index (χ2n) is 13.1. The first kappa shape index (κ1) is 32.6. The van der Waals surface area contributed by atoms with Crippen LogP contribution in [0.3, 0.4) is 0 Å². The maximum absolute atomic E-state index is 14.3. The highest BCUT2D eigenvalue weighted by molar-refractivity contribution is 9.10. The molecule has 10 heteroatoms. The van der Waals surface area contributed by atoms with Crippen molar-refractivity contribution in [2.24, 2.45) is 5.41 Å². The van der Waals surface area contributed by atoms with E-state index in [1.165, 1.54) is 0 Å². The standard InChI is InChI=1S/C35H42BrN5O4/c1-22(37-5)32(43)38-31(35(2,3)4)34(45)40-21-30(42)41-28(19-23-14-15-24-10-6-7-12-26(24)18-23)33(44)39(20-29(40)41)17-16-25-11-8-9-13-27(25)36/h6-15,18,22,28-29,31,37H,16-17,19-21H2,1-5H3,(H,38,43)/t22-,28-,29+,31+/m0/s1. The third-order valence-electron chi connectivity index (χ3n) is 8.95. The van der Waals surface area contributed by atoms with Gasteiger partial charge in [0.1, 0.15) is 24.8 Å². The monoisotopic (exact) mass is 675 g/mol. The van der Waals surface area contributed by atoms with Crippen molar-refractivity contribution < 1.29 is 19.2 Å². The summed E-state index contributed by atoms with van der Waals surface area (Å²) in [4.78, 5) is 60.0. The second-order valence-corrected chi connectivity index (χ2v) is 13.9. The SMILES string of the molecule is CN[C@@H](C)C(=O)N[C@H](C(=O)N1CC(=O)N2[C@@H]1CN(CCc1ccccc1Br)C(=O)[C@@H]2Cc1ccc2ccccc2c1)C(C)(C)C. The van der Waals surface area contributed by atoms with Crippen LogP contribution in [0.1, 0.15) is 38.8 Å². The number of carbonyl (C=O) groups is 4. The zero-order chi connectivity index (χ0) is 32.5. The van der Waals surface area contributed by atoms with Gasteiger partial charge < -0.3 is 25.3 Å². The summed E-state index contributed by atoms with van der Waals surface area (Å²) < 4.78 is 0.969. The molecule has 9 nitrogen and oxygen atoms in total. The van der Waals surface area contributed by atoms with Crippen LogP contribution in [-0.4, -0.2) is 89.3 Å². The number of nitrogens with one attached hydrogen (secondary N) is 2. The van der Waals surface area contributed by atoms with Gasteiger partial charge in [-0.2, -0.15) is 0 Å². The van der Waals surface area contributed by atoms with Gasteiger partial charge in [0, 0.05) is 17.4 Å². The number of rotatable bonds is 9. The fraction of sp³-hybridized carbons (Fsp3) is 0.429. The van der Waals surface area contributed by atoms with Crippen molar-refractivity contribution >= 4 is 50.3 Å². The summed E-state index contributed by atoms with van der Waals surface area (Å²) in [7, 11) is 1.69. The molecule has 45 heavy (non-hydrogen) atoms. The maximum Gasteiger partial charge on any atom is 0.247 e. The number of hydrogen-bond donors (Lipinski definition) is 2. The van der Waals surface area contributed by atoms with Crippen molar-refractivity contribution in [3.63, 3.8) is 0 Å². The van der Waals surface area contributed by atoms with Crippen LogP contribution in [0.4, 0.5) is 0 Å². The zero-order valence-electron chi connectivity index (χ0n) is 26.5. The van der Waals surface area contributed by atoms with Gasteiger partial charge in [0.2, 0.25) is 23.6 Å². The van der Waals surface area contributed by atoms with E-state index in [1.54, 1.807) is 28.7 Å². The molecule has 4 amide bonds. The lowest BCUT2D eigenvalue weighted by molar-refractivity contribution is -0.156. The molecule has 0 aromatic heterocycles. The molecule has 0 saturated carbocycles. The van der Waals surface area contributed by atoms with Crippen molar-refractivity contribution in [2.45, 2.75) is 64.8 Å². The van der Waals surface area contributed by atoms with Crippen LogP contribution in [0.25, 0.3) is 10.8 Å². The number of halogens is 1. The number of fused-ring (bicyclic) bond motifs is 2. The van der Waals surface area contributed by atoms with Crippen molar-refractivity contribution in [1.29, 1.82) is 0 Å². The van der Waals surface area contributed by atoms with E-state index in [0.717, 1.165) is 26.4 Å². The highest BCUT2D eigenvalue weighted by Crippen LogP contribution is 2.32. The minimum atomic E-state index is -0.862. The van der Waals surface area contributed by atoms with Crippen molar-refractivity contribution in [3.8, 4) is 0 Å². The largest absolute Gasteiger partial charge is 0.342 e. The summed E-state index contributed by atoms with van der Waals surface area (Å²) in [5, 5.41) is 8.00. The van der Waals surface area contributed by atoms with Gasteiger partial charge in [-0.25, -0.2) is 0 Å². The van der Waals surface area contributed by atoms with Gasteiger partial charge >= 0.3 is 0 Å². The number of amides is 4. The number of nitrogens with zero attached hydrogens (tertiary/aromatic N) is 3. The molecule has 2 saturated heterocycles. The van der Waals surface area contributed by atoms with E-state index in [-0.39, 0.29) is 36.7 Å². The molecule has 2 N–H and O–H groups in total. The number of likely N-dealkylation sites (N-methyl/N-ethyl adjacent to an activating group) is 1. The Kier molecular flexibility index (Phi) is 9.65. The molecule has 0 unspecified atom stereocenters. The van der Waals surface area contributed by atoms with E-state index in [2.05, 4.69) is 32.6 Å². The Morgan fingerprint density at radius 3 is 2.38 bits per heavy atom. The highest BCUT2D eigenvalue weighted by atomic mass is 79.9. The van der Waals surface area contributed by atoms with E-state index in [1.807, 2.05) is 81.4 Å². The minimum absolute atomic E-state index is 0.127. The third-order valence-corrected chi connectivity index (χ3v) is 9.73. The Morgan fingerprint density at radius 2 is 1.69 bits per heavy atom. The lowest BCUT2D eigenvalue weighted by atomic mass is 9.85. The van der Waals surface area contributed by atoms with Gasteiger partial charge in [0.05, 0.1) is 12.6 Å². The predicted molar refractivity (Wildman–Crippen MR) is 178 cm³/mol. The molecular formula is C35H42BrN5O4. The number of piperazine rings is 1. The topological polar surface area (TPSA) is 102 Å². The molecule has 0 radical (unpaired) electrons. The van der Waals surface area contributed by atoms with Crippen LogP contribution in [0.15, 0.2) is 71.2 Å². The average Bonchev–Trinajstić information content (AvgIpc) is 3.35. The van der Waals surface area contributed by atoms with Crippen LogP contribution in [0.2, 0.25) is 0 Å². The van der Waals surface area contributed by atoms with Crippen molar-refractivity contribution in [2.75, 3.05) is 26.7 Å². The molecule has 238 valence electrons. The maximum atomic E-state index is 14.3. The molecule has 0 aliphatic carbocycles. The number of benzene rings is 3. The van der Waals surface area contributed by atoms with E-state index in [9.17, 15) is 19.2 Å². The van der Waals surface area contributed by atoms with Gasteiger partial charge in [0.15, 0.2) is 0 Å². The summed E-state index contributed by atoms with van der Waals surface area (Å²) in [6, 6.07) is 19.9. The fourth-order valence-corrected chi connectivity index (χ4v) is 6.69. The molecule has 2 fully saturated rings. The fourth-order valence-electron chi connectivity index (χ4n) is 6.20. The van der Waals surface area contributed by atoms with Crippen LogP contribution in [-0.2, 0) is 32.0 Å². The van der Waals surface area contributed by atoms with Crippen LogP contribution < -0.4 is 10.6 Å². The number of carbonyl (C=O) groups excluding carboxylic acids is 4. The molecule has 2 aliphatic rings. The quantitative estimate of drug-likeness (QED) is 0.360. The minimum Gasteiger partial charge on any atom is -0.342 e. The van der Waals surface area contributed by atoms with E-state index < -0.39 is 29.7 Å². The Bertz CT molecular complexity index is 1600. The van der Waals surface area contributed by atoms with E-state index >= 15 is 0 Å². The first-order valence-corrected chi connectivity index (χ1v) is 16.3. The summed E-state index contributed by atoms with van der Waals surface area (Å²) in [5.74, 6) is -1.01. The molecule has 3 aromatic rings. The summed E-state index contributed by atoms with van der Waals surface area (Å²) in [6.45, 7) is 7.91. The molecule has 2 heterocycles. The van der Waals surface area contributed by atoms with Crippen LogP contribution in [0, 0.1) is 5.41 Å². The molecule has 0 spiro atoms.